The van der Waals surface area contributed by atoms with Gasteiger partial charge in [0.2, 0.25) is 11.8 Å². The van der Waals surface area contributed by atoms with Gasteiger partial charge in [-0.05, 0) is 30.7 Å². The summed E-state index contributed by atoms with van der Waals surface area (Å²) >= 11 is 7.48. The molecule has 0 aliphatic carbocycles. The number of alkyl halides is 2. The lowest BCUT2D eigenvalue weighted by Gasteiger charge is -2.38. The number of hydrogen-bond acceptors (Lipinski definition) is 2. The van der Waals surface area contributed by atoms with Gasteiger partial charge in [-0.3, -0.25) is 19.4 Å². The van der Waals surface area contributed by atoms with Crippen molar-refractivity contribution >= 4 is 55.0 Å². The minimum absolute atomic E-state index is 0.151. The molecule has 2 bridgehead atoms. The average molecular weight is 478 g/mol. The van der Waals surface area contributed by atoms with E-state index in [1.54, 1.807) is 9.80 Å². The molecule has 2 fully saturated rings. The second kappa shape index (κ2) is 6.20. The summed E-state index contributed by atoms with van der Waals surface area (Å²) < 4.78 is -0.858. The van der Waals surface area contributed by atoms with Gasteiger partial charge in [0.1, 0.15) is 9.40 Å². The molecule has 2 aliphatic rings. The molecule has 2 heterocycles. The highest BCUT2D eigenvalue weighted by atomic mass is 79.9. The number of carbonyl (C=O) groups excluding carboxylic acids is 2. The van der Waals surface area contributed by atoms with Crippen molar-refractivity contribution in [1.82, 2.24) is 0 Å². The second-order valence-electron chi connectivity index (χ2n) is 6.67. The largest absolute Gasteiger partial charge is 0.288 e. The van der Waals surface area contributed by atoms with Crippen LogP contribution in [0.4, 0.5) is 11.4 Å². The van der Waals surface area contributed by atoms with Gasteiger partial charge in [-0.15, -0.1) is 0 Å². The number of carbonyl (C=O) groups is 2. The van der Waals surface area contributed by atoms with Gasteiger partial charge in [-0.2, -0.15) is 0 Å². The molecule has 0 spiro atoms. The molecule has 0 unspecified atom stereocenters. The van der Waals surface area contributed by atoms with Gasteiger partial charge in [-0.25, -0.2) is 0 Å². The summed E-state index contributed by atoms with van der Waals surface area (Å²) in [7, 11) is 0. The Balaban J connectivity index is 1.93. The van der Waals surface area contributed by atoms with E-state index in [0.717, 1.165) is 17.8 Å². The molecule has 26 heavy (non-hydrogen) atoms. The number of rotatable bonds is 4. The first-order chi connectivity index (χ1) is 12.5. The third-order valence-corrected chi connectivity index (χ3v) is 7.42. The van der Waals surface area contributed by atoms with Crippen molar-refractivity contribution in [3.8, 4) is 0 Å². The van der Waals surface area contributed by atoms with Gasteiger partial charge in [0.05, 0.1) is 0 Å². The highest BCUT2D eigenvalue weighted by Crippen LogP contribution is 2.64. The molecule has 0 N–H and O–H groups in total. The third kappa shape index (κ3) is 2.12. The summed E-state index contributed by atoms with van der Waals surface area (Å²) in [5.41, 5.74) is 0.410. The van der Waals surface area contributed by atoms with Crippen molar-refractivity contribution in [3.05, 3.63) is 60.7 Å². The first-order valence-electron chi connectivity index (χ1n) is 8.62. The summed E-state index contributed by atoms with van der Waals surface area (Å²) in [5, 5.41) is 0. The van der Waals surface area contributed by atoms with Crippen LogP contribution < -0.4 is 9.80 Å². The van der Waals surface area contributed by atoms with Gasteiger partial charge in [-0.1, -0.05) is 81.6 Å². The zero-order valence-electron chi connectivity index (χ0n) is 14.2. The lowest BCUT2D eigenvalue weighted by atomic mass is 9.82. The van der Waals surface area contributed by atoms with E-state index in [2.05, 4.69) is 31.9 Å². The third-order valence-electron chi connectivity index (χ3n) is 5.24. The van der Waals surface area contributed by atoms with Gasteiger partial charge < -0.3 is 0 Å². The molecule has 2 aromatic rings. The Kier molecular flexibility index (Phi) is 4.23. The van der Waals surface area contributed by atoms with Crippen LogP contribution in [0.25, 0.3) is 0 Å². The maximum atomic E-state index is 13.5. The maximum absolute atomic E-state index is 13.5. The van der Waals surface area contributed by atoms with Gasteiger partial charge in [0.25, 0.3) is 0 Å². The summed E-state index contributed by atoms with van der Waals surface area (Å²) in [4.78, 5) is 30.5. The molecule has 4 rings (SSSR count). The van der Waals surface area contributed by atoms with Crippen molar-refractivity contribution in [2.75, 3.05) is 9.80 Å². The monoisotopic (exact) mass is 476 g/mol. The van der Waals surface area contributed by atoms with Crippen LogP contribution in [0.5, 0.6) is 0 Å². The lowest BCUT2D eigenvalue weighted by molar-refractivity contribution is -0.138. The van der Waals surface area contributed by atoms with Crippen LogP contribution in [-0.4, -0.2) is 21.2 Å². The standard InChI is InChI=1S/C20H18Br2N2O2/c1-2-13-19-17(25)23(14-9-5-3-6-10-14)16(20(19,21)22)24(18(19)26)15-11-7-4-8-12-15/h3-12,16H,2,13H2,1H3. The fraction of sp³-hybridized carbons (Fsp3) is 0.300. The molecular weight excluding hydrogens is 460 g/mol. The smallest absolute Gasteiger partial charge is 0.247 e. The molecule has 2 aliphatic heterocycles. The van der Waals surface area contributed by atoms with Crippen molar-refractivity contribution in [2.24, 2.45) is 5.41 Å². The predicted molar refractivity (Wildman–Crippen MR) is 110 cm³/mol. The predicted octanol–water partition coefficient (Wildman–Crippen LogP) is 4.68. The first kappa shape index (κ1) is 17.7. The van der Waals surface area contributed by atoms with Crippen LogP contribution >= 0.6 is 31.9 Å². The minimum Gasteiger partial charge on any atom is -0.288 e. The molecule has 2 saturated heterocycles. The Bertz CT molecular complexity index is 795. The van der Waals surface area contributed by atoms with Crippen LogP contribution in [0.2, 0.25) is 0 Å². The highest BCUT2D eigenvalue weighted by molar-refractivity contribution is 9.25. The van der Waals surface area contributed by atoms with Gasteiger partial charge in [0, 0.05) is 11.4 Å². The Morgan fingerprint density at radius 1 is 0.846 bits per heavy atom. The average Bonchev–Trinajstić information content (AvgIpc) is 2.92. The fourth-order valence-electron chi connectivity index (χ4n) is 4.12. The van der Waals surface area contributed by atoms with Crippen LogP contribution in [0.15, 0.2) is 60.7 Å². The van der Waals surface area contributed by atoms with E-state index < -0.39 is 14.8 Å². The number of benzene rings is 2. The van der Waals surface area contributed by atoms with E-state index >= 15 is 0 Å². The molecular formula is C20H18Br2N2O2. The zero-order valence-corrected chi connectivity index (χ0v) is 17.4. The Morgan fingerprint density at radius 2 is 1.27 bits per heavy atom. The van der Waals surface area contributed by atoms with Crippen LogP contribution in [0, 0.1) is 5.41 Å². The number of hydrogen-bond donors (Lipinski definition) is 0. The van der Waals surface area contributed by atoms with Crippen molar-refractivity contribution in [1.29, 1.82) is 0 Å². The normalized spacial score (nSPS) is 26.7. The number of nitrogens with zero attached hydrogens (tertiary/aromatic N) is 2. The quantitative estimate of drug-likeness (QED) is 0.473. The second-order valence-corrected chi connectivity index (χ2v) is 10.2. The van der Waals surface area contributed by atoms with E-state index in [9.17, 15) is 9.59 Å². The Labute approximate surface area is 169 Å². The van der Waals surface area contributed by atoms with E-state index in [1.165, 1.54) is 0 Å². The number of fused-ring (bicyclic) bond motifs is 2. The summed E-state index contributed by atoms with van der Waals surface area (Å²) in [6, 6.07) is 19.1. The van der Waals surface area contributed by atoms with Gasteiger partial charge in [0.15, 0.2) is 5.41 Å². The number of amides is 2. The molecule has 0 radical (unpaired) electrons. The van der Waals surface area contributed by atoms with Crippen LogP contribution in [0.1, 0.15) is 19.8 Å². The molecule has 2 aromatic carbocycles. The first-order valence-corrected chi connectivity index (χ1v) is 10.2. The summed E-state index contributed by atoms with van der Waals surface area (Å²) in [5.74, 6) is -0.303. The molecule has 0 aromatic heterocycles. The SMILES string of the molecule is CCCC12C(=O)N(c3ccccc3)C(N(c3ccccc3)C1=O)C2(Br)Br. The van der Waals surface area contributed by atoms with Crippen molar-refractivity contribution < 1.29 is 9.59 Å². The topological polar surface area (TPSA) is 40.6 Å². The molecule has 0 atom stereocenters. The number of halogens is 2. The summed E-state index contributed by atoms with van der Waals surface area (Å²) in [6.45, 7) is 2.00. The minimum atomic E-state index is -1.17. The maximum Gasteiger partial charge on any atom is 0.247 e. The van der Waals surface area contributed by atoms with Crippen LogP contribution in [0.3, 0.4) is 0 Å². The summed E-state index contributed by atoms with van der Waals surface area (Å²) in [6.07, 6.45) is 0.720. The molecule has 134 valence electrons. The van der Waals surface area contributed by atoms with Gasteiger partial charge >= 0.3 is 0 Å². The van der Waals surface area contributed by atoms with Crippen LogP contribution in [-0.2, 0) is 9.59 Å². The lowest BCUT2D eigenvalue weighted by Crippen LogP contribution is -2.57. The van der Waals surface area contributed by atoms with E-state index in [-0.39, 0.29) is 11.8 Å². The molecule has 2 amide bonds. The Morgan fingerprint density at radius 3 is 1.65 bits per heavy atom. The molecule has 4 nitrogen and oxygen atoms in total. The van der Waals surface area contributed by atoms with E-state index in [0.29, 0.717) is 6.42 Å². The Hall–Kier alpha value is -1.66. The molecule has 0 saturated carbocycles. The van der Waals surface area contributed by atoms with Crippen molar-refractivity contribution in [3.63, 3.8) is 0 Å². The number of anilines is 2. The zero-order chi connectivity index (χ0) is 18.5. The fourth-order valence-corrected chi connectivity index (χ4v) is 6.01. The highest BCUT2D eigenvalue weighted by Gasteiger charge is 2.79. The van der Waals surface area contributed by atoms with Crippen molar-refractivity contribution in [2.45, 2.75) is 29.2 Å². The number of para-hydroxylation sites is 2. The molecule has 6 heteroatoms. The van der Waals surface area contributed by atoms with E-state index in [1.807, 2.05) is 67.6 Å². The van der Waals surface area contributed by atoms with E-state index in [4.69, 9.17) is 0 Å².